The normalized spacial score (nSPS) is 19.8. The van der Waals surface area contributed by atoms with E-state index in [1.807, 2.05) is 0 Å². The minimum Gasteiger partial charge on any atom is -0.480 e. The summed E-state index contributed by atoms with van der Waals surface area (Å²) in [7, 11) is 1.72. The molecule has 1 fully saturated rings. The van der Waals surface area contributed by atoms with Crippen LogP contribution in [0.25, 0.3) is 0 Å². The number of hydrogen-bond donors (Lipinski definition) is 2. The fraction of sp³-hybridized carbons (Fsp3) is 0.917. The Morgan fingerprint density at radius 2 is 2.12 bits per heavy atom. The third-order valence-electron chi connectivity index (χ3n) is 3.50. The van der Waals surface area contributed by atoms with E-state index >= 15 is 0 Å². The lowest BCUT2D eigenvalue weighted by molar-refractivity contribution is -0.144. The van der Waals surface area contributed by atoms with Crippen molar-refractivity contribution in [2.24, 2.45) is 0 Å². The Bertz CT molecular complexity index is 241. The molecule has 0 aromatic heterocycles. The van der Waals surface area contributed by atoms with E-state index in [0.717, 1.165) is 25.6 Å². The highest BCUT2D eigenvalue weighted by atomic mass is 16.4. The quantitative estimate of drug-likeness (QED) is 0.658. The first-order chi connectivity index (χ1) is 7.53. The van der Waals surface area contributed by atoms with Crippen molar-refractivity contribution in [3.8, 4) is 0 Å². The van der Waals surface area contributed by atoms with Gasteiger partial charge in [0.2, 0.25) is 0 Å². The molecular formula is C12H24N2O2. The highest BCUT2D eigenvalue weighted by Crippen LogP contribution is 2.27. The predicted octanol–water partition coefficient (Wildman–Crippen LogP) is 1.31. The fourth-order valence-electron chi connectivity index (χ4n) is 1.91. The van der Waals surface area contributed by atoms with Crippen LogP contribution in [0.15, 0.2) is 0 Å². The zero-order valence-electron chi connectivity index (χ0n) is 10.6. The van der Waals surface area contributed by atoms with Crippen LogP contribution in [0.5, 0.6) is 0 Å². The largest absolute Gasteiger partial charge is 0.480 e. The highest BCUT2D eigenvalue weighted by Gasteiger charge is 2.34. The molecule has 0 aromatic carbocycles. The standard InChI is InChI=1S/C12H24N2O2/c1-4-8-14(10-5-6-10)9-7-12(2,13-3)11(15)16/h10,13H,4-9H2,1-3H3,(H,15,16). The second-order valence-electron chi connectivity index (χ2n) is 4.90. The van der Waals surface area contributed by atoms with Crippen LogP contribution in [0.2, 0.25) is 0 Å². The highest BCUT2D eigenvalue weighted by molar-refractivity contribution is 5.78. The number of carbonyl (C=O) groups is 1. The minimum atomic E-state index is -0.791. The first kappa shape index (κ1) is 13.5. The number of nitrogens with one attached hydrogen (secondary N) is 1. The van der Waals surface area contributed by atoms with Crippen LogP contribution >= 0.6 is 0 Å². The molecule has 0 spiro atoms. The van der Waals surface area contributed by atoms with E-state index in [-0.39, 0.29) is 0 Å². The number of carboxylic acids is 1. The molecule has 1 aliphatic rings. The summed E-state index contributed by atoms with van der Waals surface area (Å²) < 4.78 is 0. The molecule has 1 atom stereocenters. The number of carboxylic acid groups (broad SMARTS) is 1. The van der Waals surface area contributed by atoms with Gasteiger partial charge in [-0.1, -0.05) is 6.92 Å². The van der Waals surface area contributed by atoms with E-state index in [0.29, 0.717) is 6.42 Å². The fourth-order valence-corrected chi connectivity index (χ4v) is 1.91. The Labute approximate surface area is 98.0 Å². The van der Waals surface area contributed by atoms with Gasteiger partial charge in [0.05, 0.1) is 0 Å². The molecule has 1 unspecified atom stereocenters. The van der Waals surface area contributed by atoms with Gasteiger partial charge in [0, 0.05) is 12.6 Å². The molecule has 4 nitrogen and oxygen atoms in total. The lowest BCUT2D eigenvalue weighted by atomic mass is 9.98. The van der Waals surface area contributed by atoms with E-state index in [9.17, 15) is 4.79 Å². The minimum absolute atomic E-state index is 0.662. The van der Waals surface area contributed by atoms with Crippen LogP contribution < -0.4 is 5.32 Å². The SMILES string of the molecule is CCCN(CCC(C)(NC)C(=O)O)C1CC1. The molecule has 4 heteroatoms. The third-order valence-corrected chi connectivity index (χ3v) is 3.50. The molecule has 0 aromatic rings. The molecule has 0 radical (unpaired) electrons. The monoisotopic (exact) mass is 228 g/mol. The van der Waals surface area contributed by atoms with E-state index < -0.39 is 11.5 Å². The Morgan fingerprint density at radius 1 is 1.50 bits per heavy atom. The first-order valence-corrected chi connectivity index (χ1v) is 6.20. The van der Waals surface area contributed by atoms with Crippen molar-refractivity contribution in [2.45, 2.75) is 51.1 Å². The van der Waals surface area contributed by atoms with Gasteiger partial charge in [-0.15, -0.1) is 0 Å². The summed E-state index contributed by atoms with van der Waals surface area (Å²) in [5.74, 6) is -0.762. The van der Waals surface area contributed by atoms with Crippen molar-refractivity contribution >= 4 is 5.97 Å². The average molecular weight is 228 g/mol. The molecule has 0 saturated heterocycles. The first-order valence-electron chi connectivity index (χ1n) is 6.20. The lowest BCUT2D eigenvalue weighted by Gasteiger charge is -2.28. The van der Waals surface area contributed by atoms with Gasteiger partial charge in [-0.2, -0.15) is 0 Å². The summed E-state index contributed by atoms with van der Waals surface area (Å²) in [4.78, 5) is 13.6. The van der Waals surface area contributed by atoms with Crippen molar-refractivity contribution in [3.63, 3.8) is 0 Å². The summed E-state index contributed by atoms with van der Waals surface area (Å²) >= 11 is 0. The van der Waals surface area contributed by atoms with Crippen LogP contribution in [0, 0.1) is 0 Å². The summed E-state index contributed by atoms with van der Waals surface area (Å²) in [5.41, 5.74) is -0.791. The van der Waals surface area contributed by atoms with Crippen molar-refractivity contribution in [2.75, 3.05) is 20.1 Å². The number of rotatable bonds is 8. The zero-order chi connectivity index (χ0) is 12.2. The van der Waals surface area contributed by atoms with Gasteiger partial charge in [0.25, 0.3) is 0 Å². The lowest BCUT2D eigenvalue weighted by Crippen LogP contribution is -2.49. The van der Waals surface area contributed by atoms with Crippen LogP contribution in [0.4, 0.5) is 0 Å². The van der Waals surface area contributed by atoms with Crippen molar-refractivity contribution in [1.29, 1.82) is 0 Å². The zero-order valence-corrected chi connectivity index (χ0v) is 10.6. The van der Waals surface area contributed by atoms with Gasteiger partial charge in [-0.05, 0) is 46.2 Å². The molecule has 16 heavy (non-hydrogen) atoms. The van der Waals surface area contributed by atoms with E-state index in [1.165, 1.54) is 12.8 Å². The van der Waals surface area contributed by atoms with Gasteiger partial charge >= 0.3 is 5.97 Å². The van der Waals surface area contributed by atoms with E-state index in [4.69, 9.17) is 5.11 Å². The Morgan fingerprint density at radius 3 is 2.50 bits per heavy atom. The number of aliphatic carboxylic acids is 1. The van der Waals surface area contributed by atoms with Crippen LogP contribution in [-0.4, -0.2) is 47.7 Å². The Kier molecular flexibility index (Phi) is 4.74. The third kappa shape index (κ3) is 3.46. The second-order valence-corrected chi connectivity index (χ2v) is 4.90. The summed E-state index contributed by atoms with van der Waals surface area (Å²) in [6, 6.07) is 0.717. The van der Waals surface area contributed by atoms with Crippen LogP contribution in [0.3, 0.4) is 0 Å². The molecule has 0 bridgehead atoms. The van der Waals surface area contributed by atoms with Crippen molar-refractivity contribution < 1.29 is 9.90 Å². The smallest absolute Gasteiger partial charge is 0.323 e. The van der Waals surface area contributed by atoms with Gasteiger partial charge < -0.3 is 15.3 Å². The molecule has 1 rings (SSSR count). The molecule has 2 N–H and O–H groups in total. The molecule has 0 aliphatic heterocycles. The van der Waals surface area contributed by atoms with Crippen molar-refractivity contribution in [3.05, 3.63) is 0 Å². The number of nitrogens with zero attached hydrogens (tertiary/aromatic N) is 1. The Balaban J connectivity index is 2.43. The maximum absolute atomic E-state index is 11.1. The van der Waals surface area contributed by atoms with Gasteiger partial charge in [0.1, 0.15) is 5.54 Å². The van der Waals surface area contributed by atoms with Gasteiger partial charge in [-0.3, -0.25) is 4.79 Å². The van der Waals surface area contributed by atoms with E-state index in [1.54, 1.807) is 14.0 Å². The molecule has 1 saturated carbocycles. The second kappa shape index (κ2) is 5.64. The predicted molar refractivity (Wildman–Crippen MR) is 64.6 cm³/mol. The van der Waals surface area contributed by atoms with E-state index in [2.05, 4.69) is 17.1 Å². The summed E-state index contributed by atoms with van der Waals surface area (Å²) in [6.45, 7) is 5.89. The van der Waals surface area contributed by atoms with Crippen LogP contribution in [-0.2, 0) is 4.79 Å². The molecule has 0 heterocycles. The molecule has 1 aliphatic carbocycles. The van der Waals surface area contributed by atoms with Gasteiger partial charge in [0.15, 0.2) is 0 Å². The van der Waals surface area contributed by atoms with Crippen LogP contribution in [0.1, 0.15) is 39.5 Å². The average Bonchev–Trinajstić information content (AvgIpc) is 3.07. The molecule has 94 valence electrons. The number of hydrogen-bond acceptors (Lipinski definition) is 3. The van der Waals surface area contributed by atoms with Crippen molar-refractivity contribution in [1.82, 2.24) is 10.2 Å². The summed E-state index contributed by atoms with van der Waals surface area (Å²) in [5, 5.41) is 12.1. The van der Waals surface area contributed by atoms with Gasteiger partial charge in [-0.25, -0.2) is 0 Å². The summed E-state index contributed by atoms with van der Waals surface area (Å²) in [6.07, 6.45) is 4.36. The maximum Gasteiger partial charge on any atom is 0.323 e. The Hall–Kier alpha value is -0.610. The maximum atomic E-state index is 11.1. The topological polar surface area (TPSA) is 52.6 Å². The molecular weight excluding hydrogens is 204 g/mol. The molecule has 0 amide bonds. The number of likely N-dealkylation sites (N-methyl/N-ethyl adjacent to an activating group) is 1.